The summed E-state index contributed by atoms with van der Waals surface area (Å²) in [7, 11) is 0. The van der Waals surface area contributed by atoms with Crippen molar-refractivity contribution in [1.29, 1.82) is 0 Å². The molecule has 0 radical (unpaired) electrons. The standard InChI is InChI=1S/C14H18BrClN4/c1-3-17-13(8-14-18-9-19-20(14)4-2)11-7-10(15)5-6-12(11)16/h5-7,9,13,17H,3-4,8H2,1-2H3. The SMILES string of the molecule is CCNC(Cc1ncnn1CC)c1cc(Br)ccc1Cl. The lowest BCUT2D eigenvalue weighted by Crippen LogP contribution is -2.24. The second kappa shape index (κ2) is 7.20. The molecule has 0 saturated heterocycles. The number of rotatable bonds is 6. The molecule has 1 aromatic heterocycles. The largest absolute Gasteiger partial charge is 0.310 e. The number of halogens is 2. The van der Waals surface area contributed by atoms with E-state index in [2.05, 4.69) is 51.2 Å². The molecule has 0 aliphatic heterocycles. The third kappa shape index (κ3) is 3.59. The fraction of sp³-hybridized carbons (Fsp3) is 0.429. The number of hydrogen-bond acceptors (Lipinski definition) is 3. The normalized spacial score (nSPS) is 12.6. The van der Waals surface area contributed by atoms with Crippen molar-refractivity contribution in [2.45, 2.75) is 32.9 Å². The molecule has 1 atom stereocenters. The highest BCUT2D eigenvalue weighted by Crippen LogP contribution is 2.28. The first kappa shape index (κ1) is 15.5. The number of likely N-dealkylation sites (N-methyl/N-ethyl adjacent to an activating group) is 1. The fourth-order valence-electron chi connectivity index (χ4n) is 2.21. The minimum atomic E-state index is 0.125. The number of benzene rings is 1. The summed E-state index contributed by atoms with van der Waals surface area (Å²) in [4.78, 5) is 4.34. The van der Waals surface area contributed by atoms with E-state index in [9.17, 15) is 0 Å². The predicted octanol–water partition coefficient (Wildman–Crippen LogP) is 3.61. The Bertz CT molecular complexity index is 570. The minimum absolute atomic E-state index is 0.125. The molecule has 0 spiro atoms. The van der Waals surface area contributed by atoms with Gasteiger partial charge >= 0.3 is 0 Å². The monoisotopic (exact) mass is 356 g/mol. The molecule has 4 nitrogen and oxygen atoms in total. The van der Waals surface area contributed by atoms with Crippen molar-refractivity contribution in [3.63, 3.8) is 0 Å². The van der Waals surface area contributed by atoms with Crippen LogP contribution in [0.25, 0.3) is 0 Å². The van der Waals surface area contributed by atoms with Crippen molar-refractivity contribution >= 4 is 27.5 Å². The average molecular weight is 358 g/mol. The molecule has 6 heteroatoms. The van der Waals surface area contributed by atoms with Gasteiger partial charge in [-0.15, -0.1) is 0 Å². The van der Waals surface area contributed by atoms with Crippen LogP contribution in [0.3, 0.4) is 0 Å². The van der Waals surface area contributed by atoms with Crippen molar-refractivity contribution in [2.24, 2.45) is 0 Å². The van der Waals surface area contributed by atoms with Gasteiger partial charge in [-0.3, -0.25) is 4.68 Å². The maximum absolute atomic E-state index is 6.34. The molecule has 1 N–H and O–H groups in total. The lowest BCUT2D eigenvalue weighted by atomic mass is 10.0. The second-order valence-corrected chi connectivity index (χ2v) is 5.80. The first-order valence-corrected chi connectivity index (χ1v) is 7.87. The topological polar surface area (TPSA) is 42.7 Å². The van der Waals surface area contributed by atoms with Gasteiger partial charge in [0, 0.05) is 28.5 Å². The average Bonchev–Trinajstić information content (AvgIpc) is 2.88. The Morgan fingerprint density at radius 3 is 2.90 bits per heavy atom. The van der Waals surface area contributed by atoms with Gasteiger partial charge in [0.25, 0.3) is 0 Å². The van der Waals surface area contributed by atoms with E-state index in [0.717, 1.165) is 40.4 Å². The van der Waals surface area contributed by atoms with Crippen molar-refractivity contribution in [1.82, 2.24) is 20.1 Å². The molecule has 0 aliphatic carbocycles. The molecule has 0 saturated carbocycles. The molecule has 0 bridgehead atoms. The summed E-state index contributed by atoms with van der Waals surface area (Å²) >= 11 is 9.84. The van der Waals surface area contributed by atoms with Crippen LogP contribution in [0.2, 0.25) is 5.02 Å². The van der Waals surface area contributed by atoms with E-state index >= 15 is 0 Å². The van der Waals surface area contributed by atoms with Crippen LogP contribution in [0.1, 0.15) is 31.3 Å². The van der Waals surface area contributed by atoms with E-state index in [-0.39, 0.29) is 6.04 Å². The highest BCUT2D eigenvalue weighted by molar-refractivity contribution is 9.10. The van der Waals surface area contributed by atoms with E-state index in [1.165, 1.54) is 0 Å². The third-order valence-electron chi connectivity index (χ3n) is 3.17. The van der Waals surface area contributed by atoms with E-state index in [1.807, 2.05) is 16.8 Å². The molecule has 1 aromatic carbocycles. The Kier molecular flexibility index (Phi) is 5.57. The number of nitrogens with zero attached hydrogens (tertiary/aromatic N) is 3. The summed E-state index contributed by atoms with van der Waals surface area (Å²) in [6.45, 7) is 5.84. The van der Waals surface area contributed by atoms with E-state index in [1.54, 1.807) is 6.33 Å². The summed E-state index contributed by atoms with van der Waals surface area (Å²) in [5.41, 5.74) is 1.08. The van der Waals surface area contributed by atoms with Crippen molar-refractivity contribution in [3.05, 3.63) is 45.4 Å². The zero-order valence-corrected chi connectivity index (χ0v) is 13.9. The fourth-order valence-corrected chi connectivity index (χ4v) is 2.84. The Labute approximate surface area is 132 Å². The molecule has 0 fully saturated rings. The van der Waals surface area contributed by atoms with Crippen LogP contribution in [-0.4, -0.2) is 21.3 Å². The van der Waals surface area contributed by atoms with Crippen molar-refractivity contribution in [3.8, 4) is 0 Å². The highest BCUT2D eigenvalue weighted by Gasteiger charge is 2.17. The van der Waals surface area contributed by atoms with Gasteiger partial charge in [0.2, 0.25) is 0 Å². The maximum Gasteiger partial charge on any atom is 0.138 e. The molecule has 0 amide bonds. The molecule has 2 rings (SSSR count). The summed E-state index contributed by atoms with van der Waals surface area (Å²) in [6, 6.07) is 6.04. The first-order valence-electron chi connectivity index (χ1n) is 6.70. The second-order valence-electron chi connectivity index (χ2n) is 4.47. The predicted molar refractivity (Wildman–Crippen MR) is 85.0 cm³/mol. The Hall–Kier alpha value is -0.910. The van der Waals surface area contributed by atoms with Crippen LogP contribution < -0.4 is 5.32 Å². The zero-order valence-electron chi connectivity index (χ0n) is 11.6. The molecule has 1 heterocycles. The van der Waals surface area contributed by atoms with Gasteiger partial charge in [-0.1, -0.05) is 34.5 Å². The lowest BCUT2D eigenvalue weighted by Gasteiger charge is -2.19. The van der Waals surface area contributed by atoms with E-state index < -0.39 is 0 Å². The summed E-state index contributed by atoms with van der Waals surface area (Å²) in [5.74, 6) is 0.967. The molecular formula is C14H18BrClN4. The van der Waals surface area contributed by atoms with Gasteiger partial charge in [-0.2, -0.15) is 5.10 Å². The third-order valence-corrected chi connectivity index (χ3v) is 4.00. The first-order chi connectivity index (χ1) is 9.65. The maximum atomic E-state index is 6.34. The Balaban J connectivity index is 2.29. The molecule has 1 unspecified atom stereocenters. The van der Waals surface area contributed by atoms with Crippen LogP contribution in [0, 0.1) is 0 Å². The molecular weight excluding hydrogens is 340 g/mol. The van der Waals surface area contributed by atoms with Crippen LogP contribution in [0.15, 0.2) is 29.0 Å². The van der Waals surface area contributed by atoms with Gasteiger partial charge in [0.15, 0.2) is 0 Å². The van der Waals surface area contributed by atoms with Gasteiger partial charge < -0.3 is 5.32 Å². The quantitative estimate of drug-likeness (QED) is 0.859. The Morgan fingerprint density at radius 2 is 2.20 bits per heavy atom. The van der Waals surface area contributed by atoms with Crippen LogP contribution in [0.4, 0.5) is 0 Å². The Morgan fingerprint density at radius 1 is 1.40 bits per heavy atom. The summed E-state index contributed by atoms with van der Waals surface area (Å²) in [5, 5.41) is 8.45. The van der Waals surface area contributed by atoms with Crippen molar-refractivity contribution < 1.29 is 0 Å². The highest BCUT2D eigenvalue weighted by atomic mass is 79.9. The number of aryl methyl sites for hydroxylation is 1. The molecule has 2 aromatic rings. The minimum Gasteiger partial charge on any atom is -0.310 e. The van der Waals surface area contributed by atoms with Crippen molar-refractivity contribution in [2.75, 3.05) is 6.54 Å². The van der Waals surface area contributed by atoms with Crippen LogP contribution >= 0.6 is 27.5 Å². The number of aromatic nitrogens is 3. The van der Waals surface area contributed by atoms with Crippen LogP contribution in [-0.2, 0) is 13.0 Å². The van der Waals surface area contributed by atoms with E-state index in [4.69, 9.17) is 11.6 Å². The summed E-state index contributed by atoms with van der Waals surface area (Å²) in [6.07, 6.45) is 2.36. The van der Waals surface area contributed by atoms with Crippen LogP contribution in [0.5, 0.6) is 0 Å². The number of hydrogen-bond donors (Lipinski definition) is 1. The summed E-state index contributed by atoms with van der Waals surface area (Å²) < 4.78 is 2.94. The molecule has 0 aliphatic rings. The zero-order chi connectivity index (χ0) is 14.5. The van der Waals surface area contributed by atoms with Gasteiger partial charge in [-0.25, -0.2) is 4.98 Å². The van der Waals surface area contributed by atoms with Gasteiger partial charge in [0.05, 0.1) is 0 Å². The molecule has 20 heavy (non-hydrogen) atoms. The smallest absolute Gasteiger partial charge is 0.138 e. The molecule has 108 valence electrons. The van der Waals surface area contributed by atoms with Gasteiger partial charge in [0.1, 0.15) is 12.2 Å². The number of nitrogens with one attached hydrogen (secondary N) is 1. The lowest BCUT2D eigenvalue weighted by molar-refractivity contribution is 0.509. The van der Waals surface area contributed by atoms with Gasteiger partial charge in [-0.05, 0) is 37.2 Å². The van der Waals surface area contributed by atoms with E-state index in [0.29, 0.717) is 0 Å².